The zero-order valence-electron chi connectivity index (χ0n) is 16.0. The first-order chi connectivity index (χ1) is 13.9. The number of carbonyl (C=O) groups excluding carboxylic acids is 1. The lowest BCUT2D eigenvalue weighted by molar-refractivity contribution is -0.136. The Hall–Kier alpha value is -2.50. The molecule has 2 unspecified atom stereocenters. The van der Waals surface area contributed by atoms with Crippen molar-refractivity contribution in [3.05, 3.63) is 87.4 Å². The van der Waals surface area contributed by atoms with Crippen molar-refractivity contribution in [2.45, 2.75) is 26.0 Å². The molecular weight excluding hydrogens is 414 g/mol. The molecule has 2 atom stereocenters. The third-order valence-electron chi connectivity index (χ3n) is 4.61. The van der Waals surface area contributed by atoms with Crippen LogP contribution in [0.2, 0.25) is 10.0 Å². The average Bonchev–Trinajstić information content (AvgIpc) is 3.17. The Morgan fingerprint density at radius 1 is 1.07 bits per heavy atom. The second-order valence-electron chi connectivity index (χ2n) is 7.04. The van der Waals surface area contributed by atoms with E-state index in [0.717, 1.165) is 16.8 Å². The largest absolute Gasteiger partial charge is 0.459 e. The number of nitrogens with one attached hydrogen (secondary N) is 2. The Morgan fingerprint density at radius 3 is 2.41 bits per heavy atom. The molecule has 0 bridgehead atoms. The molecule has 0 aliphatic carbocycles. The van der Waals surface area contributed by atoms with Crippen LogP contribution in [0.25, 0.3) is 0 Å². The number of hydrogen-bond donors (Lipinski definition) is 2. The predicted octanol–water partition coefficient (Wildman–Crippen LogP) is 6.53. The third-order valence-corrected chi connectivity index (χ3v) is 5.15. The van der Waals surface area contributed by atoms with Crippen molar-refractivity contribution in [3.8, 4) is 0 Å². The van der Waals surface area contributed by atoms with Gasteiger partial charge in [-0.1, -0.05) is 49.2 Å². The maximum Gasteiger partial charge on any atom is 0.293 e. The number of carbonyl (C=O) groups is 1. The molecule has 1 heterocycles. The first-order valence-electron chi connectivity index (χ1n) is 9.13. The van der Waals surface area contributed by atoms with Crippen molar-refractivity contribution in [2.75, 3.05) is 5.32 Å². The average molecular weight is 435 g/mol. The normalized spacial score (nSPS) is 13.2. The van der Waals surface area contributed by atoms with E-state index in [1.54, 1.807) is 18.2 Å². The standard InChI is InChI=1S/C22H21Cl2FN2O2/c1-13(2)22(29-12-28)15-9-20(26-11-15)21(14-3-5-16(23)6-4-14)27-17-7-8-19(25)18(24)10-17/h3-13,21-22,26-27H,1-2H3. The van der Waals surface area contributed by atoms with E-state index in [1.165, 1.54) is 12.1 Å². The molecule has 0 fully saturated rings. The third kappa shape index (κ3) is 5.11. The Kier molecular flexibility index (Phi) is 6.83. The van der Waals surface area contributed by atoms with Gasteiger partial charge in [-0.25, -0.2) is 4.39 Å². The van der Waals surface area contributed by atoms with Crippen LogP contribution in [0.4, 0.5) is 10.1 Å². The molecule has 0 saturated heterocycles. The molecule has 0 aliphatic rings. The highest BCUT2D eigenvalue weighted by Crippen LogP contribution is 2.32. The predicted molar refractivity (Wildman–Crippen MR) is 114 cm³/mol. The Labute approximate surface area is 179 Å². The fraction of sp³-hybridized carbons (Fsp3) is 0.227. The molecule has 29 heavy (non-hydrogen) atoms. The molecule has 0 radical (unpaired) electrons. The molecular formula is C22H21Cl2FN2O2. The molecule has 0 amide bonds. The molecule has 2 aromatic carbocycles. The number of H-pyrrole nitrogens is 1. The van der Waals surface area contributed by atoms with Crippen LogP contribution in [0, 0.1) is 11.7 Å². The van der Waals surface area contributed by atoms with Gasteiger partial charge in [0, 0.05) is 28.2 Å². The van der Waals surface area contributed by atoms with E-state index >= 15 is 0 Å². The first kappa shape index (κ1) is 21.2. The lowest BCUT2D eigenvalue weighted by atomic mass is 9.99. The minimum absolute atomic E-state index is 0.0382. The molecule has 3 aromatic rings. The van der Waals surface area contributed by atoms with Crippen molar-refractivity contribution < 1.29 is 13.9 Å². The van der Waals surface area contributed by atoms with Gasteiger partial charge in [-0.05, 0) is 47.9 Å². The van der Waals surface area contributed by atoms with E-state index in [0.29, 0.717) is 17.2 Å². The first-order valence-corrected chi connectivity index (χ1v) is 9.89. The highest BCUT2D eigenvalue weighted by Gasteiger charge is 2.22. The zero-order valence-corrected chi connectivity index (χ0v) is 17.5. The van der Waals surface area contributed by atoms with Gasteiger partial charge in [0.1, 0.15) is 11.9 Å². The van der Waals surface area contributed by atoms with Gasteiger partial charge < -0.3 is 15.0 Å². The highest BCUT2D eigenvalue weighted by atomic mass is 35.5. The van der Waals surface area contributed by atoms with E-state index in [-0.39, 0.29) is 23.1 Å². The molecule has 7 heteroatoms. The van der Waals surface area contributed by atoms with Gasteiger partial charge in [0.15, 0.2) is 0 Å². The van der Waals surface area contributed by atoms with Crippen molar-refractivity contribution in [2.24, 2.45) is 5.92 Å². The number of aromatic nitrogens is 1. The summed E-state index contributed by atoms with van der Waals surface area (Å²) < 4.78 is 18.8. The number of halogens is 3. The maximum atomic E-state index is 13.5. The number of rotatable bonds is 8. The smallest absolute Gasteiger partial charge is 0.293 e. The summed E-state index contributed by atoms with van der Waals surface area (Å²) in [5.74, 6) is -0.366. The van der Waals surface area contributed by atoms with E-state index in [4.69, 9.17) is 27.9 Å². The summed E-state index contributed by atoms with van der Waals surface area (Å²) in [5, 5.41) is 4.04. The van der Waals surface area contributed by atoms with Gasteiger partial charge in [-0.15, -0.1) is 0 Å². The minimum atomic E-state index is -0.479. The molecule has 152 valence electrons. The Balaban J connectivity index is 1.98. The molecule has 0 spiro atoms. The van der Waals surface area contributed by atoms with Crippen LogP contribution in [0.5, 0.6) is 0 Å². The van der Waals surface area contributed by atoms with Gasteiger partial charge in [0.25, 0.3) is 6.47 Å². The number of hydrogen-bond acceptors (Lipinski definition) is 3. The second-order valence-corrected chi connectivity index (χ2v) is 7.89. The van der Waals surface area contributed by atoms with E-state index < -0.39 is 5.82 Å². The van der Waals surface area contributed by atoms with E-state index in [2.05, 4.69) is 10.3 Å². The number of aromatic amines is 1. The van der Waals surface area contributed by atoms with Crippen molar-refractivity contribution >= 4 is 35.4 Å². The Bertz CT molecular complexity index is 973. The van der Waals surface area contributed by atoms with Crippen LogP contribution in [0.15, 0.2) is 54.7 Å². The lowest BCUT2D eigenvalue weighted by Crippen LogP contribution is -2.13. The highest BCUT2D eigenvalue weighted by molar-refractivity contribution is 6.31. The van der Waals surface area contributed by atoms with Crippen molar-refractivity contribution in [3.63, 3.8) is 0 Å². The summed E-state index contributed by atoms with van der Waals surface area (Å²) in [6, 6.07) is 13.6. The quantitative estimate of drug-likeness (QED) is 0.396. The van der Waals surface area contributed by atoms with Crippen LogP contribution < -0.4 is 5.32 Å². The van der Waals surface area contributed by atoms with Crippen molar-refractivity contribution in [1.29, 1.82) is 0 Å². The summed E-state index contributed by atoms with van der Waals surface area (Å²) in [4.78, 5) is 14.1. The fourth-order valence-electron chi connectivity index (χ4n) is 3.19. The summed E-state index contributed by atoms with van der Waals surface area (Å²) in [5.41, 5.74) is 3.32. The molecule has 0 saturated carbocycles. The molecule has 4 nitrogen and oxygen atoms in total. The minimum Gasteiger partial charge on any atom is -0.459 e. The number of ether oxygens (including phenoxy) is 1. The van der Waals surface area contributed by atoms with Crippen LogP contribution in [-0.2, 0) is 9.53 Å². The van der Waals surface area contributed by atoms with Crippen LogP contribution >= 0.6 is 23.2 Å². The van der Waals surface area contributed by atoms with Crippen LogP contribution in [-0.4, -0.2) is 11.5 Å². The van der Waals surface area contributed by atoms with Crippen LogP contribution in [0.3, 0.4) is 0 Å². The second kappa shape index (κ2) is 9.33. The number of anilines is 1. The molecule has 1 aromatic heterocycles. The van der Waals surface area contributed by atoms with Crippen molar-refractivity contribution in [1.82, 2.24) is 4.98 Å². The van der Waals surface area contributed by atoms with Gasteiger partial charge in [0.2, 0.25) is 0 Å². The van der Waals surface area contributed by atoms with Gasteiger partial charge >= 0.3 is 0 Å². The van der Waals surface area contributed by atoms with Crippen LogP contribution in [0.1, 0.15) is 42.8 Å². The SMILES string of the molecule is CC(C)C(OC=O)c1c[nH]c(C(Nc2ccc(F)c(Cl)c2)c2ccc(Cl)cc2)c1. The number of benzene rings is 2. The molecule has 3 rings (SSSR count). The topological polar surface area (TPSA) is 54.1 Å². The Morgan fingerprint density at radius 2 is 1.79 bits per heavy atom. The molecule has 2 N–H and O–H groups in total. The maximum absolute atomic E-state index is 13.5. The van der Waals surface area contributed by atoms with Gasteiger partial charge in [0.05, 0.1) is 11.1 Å². The summed E-state index contributed by atoms with van der Waals surface area (Å²) in [7, 11) is 0. The lowest BCUT2D eigenvalue weighted by Gasteiger charge is -2.20. The zero-order chi connectivity index (χ0) is 21.0. The summed E-state index contributed by atoms with van der Waals surface area (Å²) in [6.07, 6.45) is 1.47. The fourth-order valence-corrected chi connectivity index (χ4v) is 3.50. The van der Waals surface area contributed by atoms with Gasteiger partial charge in [-0.3, -0.25) is 4.79 Å². The summed E-state index contributed by atoms with van der Waals surface area (Å²) in [6.45, 7) is 4.43. The van der Waals surface area contributed by atoms with E-state index in [9.17, 15) is 9.18 Å². The van der Waals surface area contributed by atoms with Gasteiger partial charge in [-0.2, -0.15) is 0 Å². The molecule has 0 aliphatic heterocycles. The monoisotopic (exact) mass is 434 g/mol. The summed E-state index contributed by atoms with van der Waals surface area (Å²) >= 11 is 12.0. The van der Waals surface area contributed by atoms with E-state index in [1.807, 2.05) is 38.2 Å².